The number of rotatable bonds is 5. The molecule has 2 fully saturated rings. The van der Waals surface area contributed by atoms with Crippen molar-refractivity contribution in [1.29, 1.82) is 0 Å². The number of halogens is 1. The molecule has 0 N–H and O–H groups in total. The molecule has 1 aromatic carbocycles. The number of methoxy groups -OCH3 is 2. The van der Waals surface area contributed by atoms with Crippen LogP contribution in [0.3, 0.4) is 0 Å². The summed E-state index contributed by atoms with van der Waals surface area (Å²) in [6.07, 6.45) is 10.5. The lowest BCUT2D eigenvalue weighted by atomic mass is 9.72. The molecular weight excluding hydrogens is 467 g/mol. The number of fused-ring (bicyclic) bond motifs is 3. The minimum atomic E-state index is -0.968. The third-order valence-electron chi connectivity index (χ3n) is 7.31. The van der Waals surface area contributed by atoms with Gasteiger partial charge in [-0.3, -0.25) is 0 Å². The summed E-state index contributed by atoms with van der Waals surface area (Å²) in [5, 5.41) is 4.56. The Labute approximate surface area is 208 Å². The molecule has 36 heavy (non-hydrogen) atoms. The molecule has 0 unspecified atom stereocenters. The van der Waals surface area contributed by atoms with E-state index in [4.69, 9.17) is 18.9 Å². The fourth-order valence-corrected chi connectivity index (χ4v) is 5.35. The number of carbonyl (C=O) groups is 2. The lowest BCUT2D eigenvalue weighted by molar-refractivity contribution is -0.219. The van der Waals surface area contributed by atoms with Crippen molar-refractivity contribution < 1.29 is 32.9 Å². The molecule has 2 aliphatic carbocycles. The Kier molecular flexibility index (Phi) is 6.13. The minimum absolute atomic E-state index is 0.300. The van der Waals surface area contributed by atoms with E-state index >= 15 is 0 Å². The second-order valence-corrected chi connectivity index (χ2v) is 9.30. The number of ether oxygens (including phenoxy) is 4. The van der Waals surface area contributed by atoms with Crippen molar-refractivity contribution in [1.82, 2.24) is 9.78 Å². The molecule has 188 valence electrons. The van der Waals surface area contributed by atoms with Gasteiger partial charge in [0.1, 0.15) is 18.0 Å². The van der Waals surface area contributed by atoms with E-state index in [1.807, 2.05) is 10.9 Å². The second-order valence-electron chi connectivity index (χ2n) is 9.30. The lowest BCUT2D eigenvalue weighted by Gasteiger charge is -2.42. The molecule has 1 spiro atoms. The van der Waals surface area contributed by atoms with Gasteiger partial charge in [0.25, 0.3) is 0 Å². The molecule has 0 bridgehead atoms. The highest BCUT2D eigenvalue weighted by Gasteiger charge is 2.63. The van der Waals surface area contributed by atoms with Gasteiger partial charge in [0.05, 0.1) is 31.8 Å². The van der Waals surface area contributed by atoms with E-state index in [0.29, 0.717) is 12.8 Å². The van der Waals surface area contributed by atoms with Crippen molar-refractivity contribution in [3.63, 3.8) is 0 Å². The monoisotopic (exact) mass is 494 g/mol. The maximum atomic E-state index is 13.4. The number of aromatic nitrogens is 2. The third-order valence-corrected chi connectivity index (χ3v) is 7.31. The van der Waals surface area contributed by atoms with Gasteiger partial charge in [-0.15, -0.1) is 0 Å². The van der Waals surface area contributed by atoms with Crippen molar-refractivity contribution in [3.8, 4) is 5.69 Å². The van der Waals surface area contributed by atoms with Gasteiger partial charge in [0.15, 0.2) is 5.79 Å². The summed E-state index contributed by atoms with van der Waals surface area (Å²) in [5.41, 5.74) is 3.41. The molecule has 0 amide bonds. The Bertz CT molecular complexity index is 1240. The van der Waals surface area contributed by atoms with E-state index in [0.717, 1.165) is 28.9 Å². The van der Waals surface area contributed by atoms with Crippen LogP contribution in [0.1, 0.15) is 31.0 Å². The van der Waals surface area contributed by atoms with Gasteiger partial charge >= 0.3 is 11.9 Å². The molecule has 9 heteroatoms. The Morgan fingerprint density at radius 2 is 1.69 bits per heavy atom. The predicted molar refractivity (Wildman–Crippen MR) is 127 cm³/mol. The average molecular weight is 495 g/mol. The maximum Gasteiger partial charge on any atom is 0.330 e. The van der Waals surface area contributed by atoms with Crippen LogP contribution in [-0.2, 0) is 35.0 Å². The van der Waals surface area contributed by atoms with Crippen molar-refractivity contribution in [3.05, 3.63) is 77.4 Å². The quantitative estimate of drug-likeness (QED) is 0.463. The van der Waals surface area contributed by atoms with Gasteiger partial charge in [0.2, 0.25) is 0 Å². The van der Waals surface area contributed by atoms with Crippen LogP contribution in [0, 0.1) is 11.2 Å². The zero-order chi connectivity index (χ0) is 25.5. The van der Waals surface area contributed by atoms with Crippen LogP contribution >= 0.6 is 0 Å². The first-order valence-electron chi connectivity index (χ1n) is 11.7. The molecule has 1 aliphatic heterocycles. The van der Waals surface area contributed by atoms with Crippen molar-refractivity contribution in [2.75, 3.05) is 14.2 Å². The van der Waals surface area contributed by atoms with Crippen LogP contribution in [-0.4, -0.2) is 53.9 Å². The molecule has 5 rings (SSSR count). The Morgan fingerprint density at radius 3 is 2.28 bits per heavy atom. The molecule has 3 aliphatic rings. The highest BCUT2D eigenvalue weighted by Crippen LogP contribution is 2.60. The SMILES string of the molecule is COC(=O)C=C[C@@H]1OC2(CCC3=Cc4c(cnn4-c4ccc(F)cc4)C[C@@]32C)O[C@H]1C=CC(=O)OC. The van der Waals surface area contributed by atoms with Crippen LogP contribution in [0.5, 0.6) is 0 Å². The minimum Gasteiger partial charge on any atom is -0.466 e. The molecule has 2 aromatic rings. The molecule has 1 saturated heterocycles. The standard InChI is InChI=1S/C27H27FN2O6/c1-26-15-17-16-29-30(20-6-4-19(28)5-7-20)21(17)14-18(26)12-13-27(26)35-22(8-10-24(31)33-2)23(36-27)9-11-25(32)34-3/h4-11,14,16,22-23H,12-13,15H2,1-3H3/t22-,23-,26-,27?/m0/s1. The molecular formula is C27H27FN2O6. The molecule has 3 atom stereocenters. The summed E-state index contributed by atoms with van der Waals surface area (Å²) in [4.78, 5) is 23.5. The van der Waals surface area contributed by atoms with Crippen LogP contribution in [0.2, 0.25) is 0 Å². The Balaban J connectivity index is 1.48. The number of nitrogens with zero attached hydrogens (tertiary/aromatic N) is 2. The third kappa shape index (κ3) is 3.98. The lowest BCUT2D eigenvalue weighted by Crippen LogP contribution is -2.46. The number of benzene rings is 1. The first kappa shape index (κ1) is 24.1. The fraction of sp³-hybridized carbons (Fsp3) is 0.370. The summed E-state index contributed by atoms with van der Waals surface area (Å²) >= 11 is 0. The van der Waals surface area contributed by atoms with Crippen LogP contribution in [0.15, 0.2) is 60.3 Å². The van der Waals surface area contributed by atoms with E-state index in [2.05, 4.69) is 18.1 Å². The summed E-state index contributed by atoms with van der Waals surface area (Å²) < 4.78 is 37.8. The number of carbonyl (C=O) groups excluding carboxylic acids is 2. The first-order chi connectivity index (χ1) is 17.3. The van der Waals surface area contributed by atoms with Crippen LogP contribution in [0.25, 0.3) is 11.8 Å². The molecule has 2 heterocycles. The van der Waals surface area contributed by atoms with E-state index in [-0.39, 0.29) is 5.82 Å². The van der Waals surface area contributed by atoms with E-state index in [1.165, 1.54) is 38.5 Å². The fourth-order valence-electron chi connectivity index (χ4n) is 5.35. The van der Waals surface area contributed by atoms with E-state index in [1.54, 1.807) is 24.3 Å². The first-order valence-corrected chi connectivity index (χ1v) is 11.7. The summed E-state index contributed by atoms with van der Waals surface area (Å²) in [5.74, 6) is -2.29. The second kappa shape index (κ2) is 9.15. The van der Waals surface area contributed by atoms with Crippen LogP contribution < -0.4 is 0 Å². The molecule has 1 saturated carbocycles. The predicted octanol–water partition coefficient (Wildman–Crippen LogP) is 3.69. The van der Waals surface area contributed by atoms with Gasteiger partial charge in [-0.2, -0.15) is 5.10 Å². The van der Waals surface area contributed by atoms with E-state index in [9.17, 15) is 14.0 Å². The summed E-state index contributed by atoms with van der Waals surface area (Å²) in [6.45, 7) is 2.11. The van der Waals surface area contributed by atoms with Gasteiger partial charge in [-0.05, 0) is 60.9 Å². The normalized spacial score (nSPS) is 28.9. The number of hydrogen-bond donors (Lipinski definition) is 0. The number of esters is 2. The van der Waals surface area contributed by atoms with Crippen molar-refractivity contribution >= 4 is 18.0 Å². The van der Waals surface area contributed by atoms with Gasteiger partial charge in [-0.1, -0.05) is 12.5 Å². The van der Waals surface area contributed by atoms with Crippen LogP contribution in [0.4, 0.5) is 4.39 Å². The smallest absolute Gasteiger partial charge is 0.330 e. The molecule has 0 radical (unpaired) electrons. The van der Waals surface area contributed by atoms with Crippen molar-refractivity contribution in [2.45, 2.75) is 44.2 Å². The highest BCUT2D eigenvalue weighted by molar-refractivity contribution is 5.82. The zero-order valence-corrected chi connectivity index (χ0v) is 20.3. The zero-order valence-electron chi connectivity index (χ0n) is 20.3. The van der Waals surface area contributed by atoms with Crippen molar-refractivity contribution in [2.24, 2.45) is 5.41 Å². The molecule has 1 aromatic heterocycles. The largest absolute Gasteiger partial charge is 0.466 e. The topological polar surface area (TPSA) is 88.9 Å². The van der Waals surface area contributed by atoms with Gasteiger partial charge < -0.3 is 18.9 Å². The summed E-state index contributed by atoms with van der Waals surface area (Å²) in [6, 6.07) is 6.23. The maximum absolute atomic E-state index is 13.4. The summed E-state index contributed by atoms with van der Waals surface area (Å²) in [7, 11) is 2.60. The van der Waals surface area contributed by atoms with Gasteiger partial charge in [0, 0.05) is 24.0 Å². The van der Waals surface area contributed by atoms with Gasteiger partial charge in [-0.25, -0.2) is 18.7 Å². The highest BCUT2D eigenvalue weighted by atomic mass is 19.1. The Hall–Kier alpha value is -3.56. The number of hydrogen-bond acceptors (Lipinski definition) is 7. The molecule has 8 nitrogen and oxygen atoms in total. The average Bonchev–Trinajstić information content (AvgIpc) is 3.53. The Morgan fingerprint density at radius 1 is 1.08 bits per heavy atom. The van der Waals surface area contributed by atoms with E-state index < -0.39 is 35.3 Å².